The van der Waals surface area contributed by atoms with E-state index < -0.39 is 0 Å². The van der Waals surface area contributed by atoms with Crippen molar-refractivity contribution >= 4 is 18.3 Å². The number of rotatable bonds is 4. The lowest BCUT2D eigenvalue weighted by atomic mass is 10.0. The Labute approximate surface area is 111 Å². The topological polar surface area (TPSA) is 41.1 Å². The van der Waals surface area contributed by atoms with Gasteiger partial charge in [-0.15, -0.1) is 12.4 Å². The molecule has 2 fully saturated rings. The lowest BCUT2D eigenvalue weighted by Gasteiger charge is -2.24. The monoisotopic (exact) mass is 260 g/mol. The van der Waals surface area contributed by atoms with Crippen molar-refractivity contribution in [1.29, 1.82) is 0 Å². The van der Waals surface area contributed by atoms with Crippen molar-refractivity contribution in [2.75, 3.05) is 13.1 Å². The summed E-state index contributed by atoms with van der Waals surface area (Å²) in [5, 5.41) is 6.46. The van der Waals surface area contributed by atoms with Crippen molar-refractivity contribution in [2.24, 2.45) is 5.92 Å². The summed E-state index contributed by atoms with van der Waals surface area (Å²) in [5.41, 5.74) is 0. The van der Waals surface area contributed by atoms with Crippen LogP contribution in [0.5, 0.6) is 0 Å². The average Bonchev–Trinajstić information content (AvgIpc) is 2.81. The van der Waals surface area contributed by atoms with Gasteiger partial charge in [0.1, 0.15) is 0 Å². The fraction of sp³-hybridized carbons (Fsp3) is 0.923. The molecule has 0 radical (unpaired) electrons. The molecule has 1 aliphatic heterocycles. The zero-order valence-corrected chi connectivity index (χ0v) is 11.4. The molecule has 0 bridgehead atoms. The summed E-state index contributed by atoms with van der Waals surface area (Å²) in [4.78, 5) is 11.7. The van der Waals surface area contributed by atoms with Crippen LogP contribution in [0.1, 0.15) is 51.4 Å². The van der Waals surface area contributed by atoms with E-state index in [1.807, 2.05) is 0 Å². The smallest absolute Gasteiger partial charge is 0.220 e. The summed E-state index contributed by atoms with van der Waals surface area (Å²) in [6.07, 6.45) is 9.61. The molecule has 1 amide bonds. The van der Waals surface area contributed by atoms with Crippen molar-refractivity contribution in [1.82, 2.24) is 10.6 Å². The molecule has 1 saturated carbocycles. The molecule has 0 aromatic carbocycles. The maximum atomic E-state index is 11.7. The van der Waals surface area contributed by atoms with Gasteiger partial charge in [-0.05, 0) is 31.7 Å². The molecule has 0 aromatic heterocycles. The Bertz CT molecular complexity index is 223. The summed E-state index contributed by atoms with van der Waals surface area (Å²) in [7, 11) is 0. The Balaban J connectivity index is 0.00000144. The second-order valence-corrected chi connectivity index (χ2v) is 5.30. The molecular formula is C13H25ClN2O. The first-order valence-corrected chi connectivity index (χ1v) is 6.84. The molecule has 2 aliphatic rings. The number of amides is 1. The second-order valence-electron chi connectivity index (χ2n) is 5.30. The Hall–Kier alpha value is -0.280. The number of halogens is 1. The van der Waals surface area contributed by atoms with Crippen molar-refractivity contribution in [3.8, 4) is 0 Å². The molecule has 1 saturated heterocycles. The molecule has 0 aromatic rings. The van der Waals surface area contributed by atoms with Crippen molar-refractivity contribution in [2.45, 2.75) is 57.4 Å². The Morgan fingerprint density at radius 1 is 1.18 bits per heavy atom. The van der Waals surface area contributed by atoms with Crippen molar-refractivity contribution in [3.63, 3.8) is 0 Å². The molecule has 2 rings (SSSR count). The number of nitrogens with one attached hydrogen (secondary N) is 2. The number of piperidine rings is 1. The standard InChI is InChI=1S/C13H24N2O.ClH/c16-13(8-7-11-4-1-2-5-11)15-12-6-3-9-14-10-12;/h11-12,14H,1-10H2,(H,15,16);1H. The van der Waals surface area contributed by atoms with Gasteiger partial charge >= 0.3 is 0 Å². The number of hydrogen-bond acceptors (Lipinski definition) is 2. The largest absolute Gasteiger partial charge is 0.352 e. The highest BCUT2D eigenvalue weighted by molar-refractivity contribution is 5.85. The molecule has 1 atom stereocenters. The van der Waals surface area contributed by atoms with Gasteiger partial charge < -0.3 is 10.6 Å². The summed E-state index contributed by atoms with van der Waals surface area (Å²) in [6.45, 7) is 2.06. The van der Waals surface area contributed by atoms with Gasteiger partial charge in [0.25, 0.3) is 0 Å². The molecule has 4 heteroatoms. The zero-order chi connectivity index (χ0) is 11.2. The van der Waals surface area contributed by atoms with Crippen LogP contribution in [0.15, 0.2) is 0 Å². The number of carbonyl (C=O) groups is 1. The molecule has 1 unspecified atom stereocenters. The molecule has 17 heavy (non-hydrogen) atoms. The van der Waals surface area contributed by atoms with Crippen LogP contribution in [0.25, 0.3) is 0 Å². The molecule has 2 N–H and O–H groups in total. The fourth-order valence-electron chi connectivity index (χ4n) is 2.91. The predicted molar refractivity (Wildman–Crippen MR) is 72.5 cm³/mol. The third-order valence-corrected chi connectivity index (χ3v) is 3.92. The van der Waals surface area contributed by atoms with E-state index in [1.54, 1.807) is 0 Å². The number of carbonyl (C=O) groups excluding carboxylic acids is 1. The van der Waals surface area contributed by atoms with E-state index in [-0.39, 0.29) is 18.3 Å². The highest BCUT2D eigenvalue weighted by atomic mass is 35.5. The van der Waals surface area contributed by atoms with Crippen molar-refractivity contribution < 1.29 is 4.79 Å². The normalized spacial score (nSPS) is 25.3. The first-order valence-electron chi connectivity index (χ1n) is 6.84. The minimum absolute atomic E-state index is 0. The predicted octanol–water partition coefficient (Wildman–Crippen LogP) is 2.25. The van der Waals surface area contributed by atoms with Gasteiger partial charge in [0.2, 0.25) is 5.91 Å². The molecular weight excluding hydrogens is 236 g/mol. The van der Waals surface area contributed by atoms with Gasteiger partial charge in [-0.3, -0.25) is 4.79 Å². The van der Waals surface area contributed by atoms with Gasteiger partial charge in [-0.2, -0.15) is 0 Å². The zero-order valence-electron chi connectivity index (χ0n) is 10.5. The van der Waals surface area contributed by atoms with E-state index >= 15 is 0 Å². The van der Waals surface area contributed by atoms with Crippen LogP contribution < -0.4 is 10.6 Å². The van der Waals surface area contributed by atoms with Crippen LogP contribution in [-0.4, -0.2) is 25.0 Å². The van der Waals surface area contributed by atoms with Gasteiger partial charge in [0.15, 0.2) is 0 Å². The van der Waals surface area contributed by atoms with Crippen LogP contribution in [0.2, 0.25) is 0 Å². The van der Waals surface area contributed by atoms with E-state index in [0.717, 1.165) is 38.3 Å². The van der Waals surface area contributed by atoms with E-state index in [0.29, 0.717) is 6.04 Å². The Morgan fingerprint density at radius 2 is 1.94 bits per heavy atom. The average molecular weight is 261 g/mol. The lowest BCUT2D eigenvalue weighted by molar-refractivity contribution is -0.122. The Morgan fingerprint density at radius 3 is 2.59 bits per heavy atom. The summed E-state index contributed by atoms with van der Waals surface area (Å²) < 4.78 is 0. The third-order valence-electron chi connectivity index (χ3n) is 3.92. The molecule has 3 nitrogen and oxygen atoms in total. The van der Waals surface area contributed by atoms with Gasteiger partial charge in [-0.25, -0.2) is 0 Å². The van der Waals surface area contributed by atoms with Crippen LogP contribution >= 0.6 is 12.4 Å². The highest BCUT2D eigenvalue weighted by Gasteiger charge is 2.18. The summed E-state index contributed by atoms with van der Waals surface area (Å²) >= 11 is 0. The minimum Gasteiger partial charge on any atom is -0.352 e. The maximum Gasteiger partial charge on any atom is 0.220 e. The molecule has 100 valence electrons. The fourth-order valence-corrected chi connectivity index (χ4v) is 2.91. The van der Waals surface area contributed by atoms with E-state index in [9.17, 15) is 4.79 Å². The number of hydrogen-bond donors (Lipinski definition) is 2. The van der Waals surface area contributed by atoms with E-state index in [1.165, 1.54) is 32.1 Å². The first kappa shape index (κ1) is 14.8. The van der Waals surface area contributed by atoms with Crippen LogP contribution in [0, 0.1) is 5.92 Å². The third kappa shape index (κ3) is 5.26. The SMILES string of the molecule is Cl.O=C(CCC1CCCC1)NC1CCCNC1. The molecule has 1 heterocycles. The van der Waals surface area contributed by atoms with E-state index in [2.05, 4.69) is 10.6 Å². The highest BCUT2D eigenvalue weighted by Crippen LogP contribution is 2.28. The Kier molecular flexibility index (Phi) is 6.90. The maximum absolute atomic E-state index is 11.7. The van der Waals surface area contributed by atoms with Gasteiger partial charge in [0.05, 0.1) is 0 Å². The second kappa shape index (κ2) is 7.93. The van der Waals surface area contributed by atoms with Gasteiger partial charge in [0, 0.05) is 19.0 Å². The first-order chi connectivity index (χ1) is 7.84. The molecule has 0 spiro atoms. The van der Waals surface area contributed by atoms with E-state index in [4.69, 9.17) is 0 Å². The van der Waals surface area contributed by atoms with Crippen molar-refractivity contribution in [3.05, 3.63) is 0 Å². The minimum atomic E-state index is 0. The lowest BCUT2D eigenvalue weighted by Crippen LogP contribution is -2.45. The quantitative estimate of drug-likeness (QED) is 0.814. The summed E-state index contributed by atoms with van der Waals surface area (Å²) in [5.74, 6) is 1.09. The summed E-state index contributed by atoms with van der Waals surface area (Å²) in [6, 6.07) is 0.379. The molecule has 1 aliphatic carbocycles. The van der Waals surface area contributed by atoms with Gasteiger partial charge in [-0.1, -0.05) is 25.7 Å². The van der Waals surface area contributed by atoms with Crippen LogP contribution in [0.4, 0.5) is 0 Å². The van der Waals surface area contributed by atoms with Crippen LogP contribution in [-0.2, 0) is 4.79 Å². The van der Waals surface area contributed by atoms with Crippen LogP contribution in [0.3, 0.4) is 0 Å².